The molecule has 0 bridgehead atoms. The monoisotopic (exact) mass is 206 g/mol. The number of rotatable bonds is 4. The van der Waals surface area contributed by atoms with E-state index >= 15 is 0 Å². The average Bonchev–Trinajstić information content (AvgIpc) is 2.00. The van der Waals surface area contributed by atoms with Gasteiger partial charge in [0, 0.05) is 12.5 Å². The molecule has 3 nitrogen and oxygen atoms in total. The molecule has 1 saturated heterocycles. The third kappa shape index (κ3) is 2.77. The number of esters is 1. The highest BCUT2D eigenvalue weighted by Gasteiger charge is 2.48. The average molecular weight is 206 g/mol. The van der Waals surface area contributed by atoms with Crippen LogP contribution in [0.2, 0.25) is 0 Å². The Bertz CT molecular complexity index is 236. The summed E-state index contributed by atoms with van der Waals surface area (Å²) in [4.78, 5) is 10.7. The maximum atomic E-state index is 13.3. The Balaban J connectivity index is 2.30. The number of ether oxygens (including phenoxy) is 2. The lowest BCUT2D eigenvalue weighted by Gasteiger charge is -2.38. The zero-order valence-electron chi connectivity index (χ0n) is 7.83. The van der Waals surface area contributed by atoms with Gasteiger partial charge in [0.15, 0.2) is 0 Å². The molecule has 0 aromatic carbocycles. The Morgan fingerprint density at radius 2 is 2.50 bits per heavy atom. The molecule has 0 spiro atoms. The second-order valence-corrected chi connectivity index (χ2v) is 3.27. The molecule has 0 N–H and O–H groups in total. The predicted octanol–water partition coefficient (Wildman–Crippen LogP) is 1.88. The van der Waals surface area contributed by atoms with E-state index in [9.17, 15) is 13.6 Å². The van der Waals surface area contributed by atoms with Gasteiger partial charge in [-0.15, -0.1) is 0 Å². The summed E-state index contributed by atoms with van der Waals surface area (Å²) in [6.45, 7) is 4.71. The Labute approximate surface area is 80.7 Å². The Kier molecular flexibility index (Phi) is 3.21. The lowest BCUT2D eigenvalue weighted by atomic mass is 10.0. The van der Waals surface area contributed by atoms with Crippen LogP contribution in [0, 0.1) is 0 Å². The first-order valence-electron chi connectivity index (χ1n) is 4.29. The summed E-state index contributed by atoms with van der Waals surface area (Å²) in [5.41, 5.74) is 0. The van der Waals surface area contributed by atoms with E-state index in [0.29, 0.717) is 0 Å². The van der Waals surface area contributed by atoms with Crippen LogP contribution in [0.3, 0.4) is 0 Å². The van der Waals surface area contributed by atoms with Crippen molar-refractivity contribution in [2.75, 3.05) is 0 Å². The van der Waals surface area contributed by atoms with Gasteiger partial charge in [-0.3, -0.25) is 0 Å². The van der Waals surface area contributed by atoms with E-state index in [0.717, 1.165) is 6.08 Å². The van der Waals surface area contributed by atoms with E-state index in [4.69, 9.17) is 4.74 Å². The minimum Gasteiger partial charge on any atom is -0.459 e. The first-order chi connectivity index (χ1) is 6.45. The summed E-state index contributed by atoms with van der Waals surface area (Å²) >= 11 is 0. The molecule has 5 heteroatoms. The SMILES string of the molecule is C=CC(=O)OC(C)CC1(F)CC(F)O1. The van der Waals surface area contributed by atoms with E-state index < -0.39 is 24.3 Å². The number of hydrogen-bond acceptors (Lipinski definition) is 3. The van der Waals surface area contributed by atoms with Crippen molar-refractivity contribution in [2.24, 2.45) is 0 Å². The van der Waals surface area contributed by atoms with Crippen LogP contribution < -0.4 is 0 Å². The molecule has 0 amide bonds. The maximum absolute atomic E-state index is 13.3. The van der Waals surface area contributed by atoms with Gasteiger partial charge >= 0.3 is 5.97 Å². The van der Waals surface area contributed by atoms with E-state index in [1.165, 1.54) is 6.92 Å². The van der Waals surface area contributed by atoms with Crippen molar-refractivity contribution < 1.29 is 23.0 Å². The van der Waals surface area contributed by atoms with Crippen LogP contribution in [0.15, 0.2) is 12.7 Å². The van der Waals surface area contributed by atoms with Gasteiger partial charge in [-0.05, 0) is 6.92 Å². The molecule has 80 valence electrons. The Morgan fingerprint density at radius 1 is 1.93 bits per heavy atom. The first-order valence-corrected chi connectivity index (χ1v) is 4.29. The smallest absolute Gasteiger partial charge is 0.330 e. The van der Waals surface area contributed by atoms with Gasteiger partial charge in [0.2, 0.25) is 12.2 Å². The van der Waals surface area contributed by atoms with Crippen molar-refractivity contribution in [2.45, 2.75) is 38.1 Å². The molecule has 0 saturated carbocycles. The summed E-state index contributed by atoms with van der Waals surface area (Å²) in [5.74, 6) is -2.61. The van der Waals surface area contributed by atoms with Gasteiger partial charge < -0.3 is 9.47 Å². The molecule has 0 aliphatic carbocycles. The highest BCUT2D eigenvalue weighted by molar-refractivity contribution is 5.81. The van der Waals surface area contributed by atoms with Crippen LogP contribution in [0.25, 0.3) is 0 Å². The zero-order valence-corrected chi connectivity index (χ0v) is 7.83. The largest absolute Gasteiger partial charge is 0.459 e. The van der Waals surface area contributed by atoms with Crippen molar-refractivity contribution in [1.82, 2.24) is 0 Å². The lowest BCUT2D eigenvalue weighted by Crippen LogP contribution is -2.47. The quantitative estimate of drug-likeness (QED) is 0.520. The third-order valence-electron chi connectivity index (χ3n) is 1.88. The molecule has 1 rings (SSSR count). The highest BCUT2D eigenvalue weighted by Crippen LogP contribution is 2.39. The molecule has 0 radical (unpaired) electrons. The number of carbonyl (C=O) groups is 1. The molecule has 0 aromatic heterocycles. The summed E-state index contributed by atoms with van der Waals surface area (Å²) < 4.78 is 34.5. The van der Waals surface area contributed by atoms with Gasteiger partial charge in [-0.1, -0.05) is 6.58 Å². The molecule has 1 heterocycles. The Hall–Kier alpha value is -0.970. The summed E-state index contributed by atoms with van der Waals surface area (Å²) in [7, 11) is 0. The summed E-state index contributed by atoms with van der Waals surface area (Å²) in [6, 6.07) is 0. The number of hydrogen-bond donors (Lipinski definition) is 0. The van der Waals surface area contributed by atoms with Crippen LogP contribution in [0.5, 0.6) is 0 Å². The molecule has 1 aliphatic heterocycles. The van der Waals surface area contributed by atoms with Crippen LogP contribution in [-0.4, -0.2) is 24.3 Å². The minimum absolute atomic E-state index is 0.160. The molecule has 1 fully saturated rings. The van der Waals surface area contributed by atoms with Gasteiger partial charge in [-0.2, -0.15) is 0 Å². The van der Waals surface area contributed by atoms with E-state index in [-0.39, 0.29) is 12.8 Å². The van der Waals surface area contributed by atoms with Crippen molar-refractivity contribution >= 4 is 5.97 Å². The molecule has 14 heavy (non-hydrogen) atoms. The van der Waals surface area contributed by atoms with Crippen molar-refractivity contribution in [1.29, 1.82) is 0 Å². The molecular weight excluding hydrogens is 194 g/mol. The molecular formula is C9H12F2O3. The fraction of sp³-hybridized carbons (Fsp3) is 0.667. The summed E-state index contributed by atoms with van der Waals surface area (Å²) in [6.07, 6.45) is -1.67. The zero-order chi connectivity index (χ0) is 10.8. The lowest BCUT2D eigenvalue weighted by molar-refractivity contribution is -0.326. The van der Waals surface area contributed by atoms with Gasteiger partial charge in [-0.25, -0.2) is 13.6 Å². The highest BCUT2D eigenvalue weighted by atomic mass is 19.2. The minimum atomic E-state index is -1.99. The van der Waals surface area contributed by atoms with Crippen LogP contribution in [0.1, 0.15) is 19.8 Å². The molecule has 1 aliphatic rings. The van der Waals surface area contributed by atoms with Gasteiger partial charge in [0.05, 0.1) is 6.42 Å². The third-order valence-corrected chi connectivity index (χ3v) is 1.88. The molecule has 3 atom stereocenters. The molecule has 3 unspecified atom stereocenters. The number of carbonyl (C=O) groups excluding carboxylic acids is 1. The van der Waals surface area contributed by atoms with Crippen LogP contribution >= 0.6 is 0 Å². The topological polar surface area (TPSA) is 35.5 Å². The number of halogens is 2. The fourth-order valence-corrected chi connectivity index (χ4v) is 1.31. The predicted molar refractivity (Wildman–Crippen MR) is 44.8 cm³/mol. The van der Waals surface area contributed by atoms with E-state index in [1.807, 2.05) is 0 Å². The van der Waals surface area contributed by atoms with Gasteiger partial charge in [0.25, 0.3) is 0 Å². The van der Waals surface area contributed by atoms with E-state index in [1.54, 1.807) is 0 Å². The fourth-order valence-electron chi connectivity index (χ4n) is 1.31. The summed E-state index contributed by atoms with van der Waals surface area (Å²) in [5, 5.41) is 0. The normalized spacial score (nSPS) is 32.9. The first kappa shape index (κ1) is 11.1. The molecule has 0 aromatic rings. The standard InChI is InChI=1S/C9H12F2O3/c1-3-8(12)13-6(2)4-9(11)5-7(10)14-9/h3,6-7H,1,4-5H2,2H3. The Morgan fingerprint density at radius 3 is 2.93 bits per heavy atom. The van der Waals surface area contributed by atoms with Crippen molar-refractivity contribution in [3.05, 3.63) is 12.7 Å². The van der Waals surface area contributed by atoms with Crippen LogP contribution in [0.4, 0.5) is 8.78 Å². The van der Waals surface area contributed by atoms with Crippen molar-refractivity contribution in [3.63, 3.8) is 0 Å². The van der Waals surface area contributed by atoms with E-state index in [2.05, 4.69) is 11.3 Å². The number of alkyl halides is 2. The van der Waals surface area contributed by atoms with Crippen molar-refractivity contribution in [3.8, 4) is 0 Å². The van der Waals surface area contributed by atoms with Gasteiger partial charge in [0.1, 0.15) is 6.10 Å². The second-order valence-electron chi connectivity index (χ2n) is 3.27. The van der Waals surface area contributed by atoms with Crippen LogP contribution in [-0.2, 0) is 14.3 Å². The maximum Gasteiger partial charge on any atom is 0.330 e. The second kappa shape index (κ2) is 4.04.